The molecule has 1 heterocycles. The summed E-state index contributed by atoms with van der Waals surface area (Å²) >= 11 is 0. The summed E-state index contributed by atoms with van der Waals surface area (Å²) in [5.74, 6) is -0.0271. The molecule has 148 valence electrons. The van der Waals surface area contributed by atoms with Gasteiger partial charge in [0.25, 0.3) is 10.0 Å². The number of methoxy groups -OCH3 is 1. The molecule has 0 amide bonds. The molecule has 0 bridgehead atoms. The molecule has 0 aliphatic carbocycles. The van der Waals surface area contributed by atoms with Crippen molar-refractivity contribution in [3.63, 3.8) is 0 Å². The van der Waals surface area contributed by atoms with Gasteiger partial charge in [-0.15, -0.1) is 0 Å². The minimum atomic E-state index is -3.93. The Bertz CT molecular complexity index is 1060. The summed E-state index contributed by atoms with van der Waals surface area (Å²) in [6.45, 7) is 2.75. The second-order valence-electron chi connectivity index (χ2n) is 6.35. The molecule has 0 atom stereocenters. The molecule has 7 heteroatoms. The SMILES string of the molecule is COCCCOc1cccc(S(=O)(=O)n2cc(C)cc2-c2ccccc2F)c1. The van der Waals surface area contributed by atoms with Gasteiger partial charge in [-0.3, -0.25) is 0 Å². The van der Waals surface area contributed by atoms with Crippen LogP contribution < -0.4 is 4.74 Å². The minimum absolute atomic E-state index is 0.0740. The molecular formula is C21H22FNO4S. The Balaban J connectivity index is 1.97. The molecule has 5 nitrogen and oxygen atoms in total. The number of hydrogen-bond acceptors (Lipinski definition) is 4. The van der Waals surface area contributed by atoms with Crippen LogP contribution in [0.15, 0.2) is 65.7 Å². The molecule has 28 heavy (non-hydrogen) atoms. The van der Waals surface area contributed by atoms with Gasteiger partial charge in [0.15, 0.2) is 0 Å². The largest absolute Gasteiger partial charge is 0.493 e. The topological polar surface area (TPSA) is 57.5 Å². The number of halogens is 1. The monoisotopic (exact) mass is 403 g/mol. The Morgan fingerprint density at radius 1 is 1.04 bits per heavy atom. The number of aryl methyl sites for hydroxylation is 1. The average molecular weight is 403 g/mol. The lowest BCUT2D eigenvalue weighted by atomic mass is 10.1. The van der Waals surface area contributed by atoms with Crippen molar-refractivity contribution in [1.82, 2.24) is 3.97 Å². The molecule has 0 aliphatic heterocycles. The highest BCUT2D eigenvalue weighted by Gasteiger charge is 2.23. The Labute approximate surface area is 164 Å². The lowest BCUT2D eigenvalue weighted by Crippen LogP contribution is -2.14. The van der Waals surface area contributed by atoms with Crippen molar-refractivity contribution in [1.29, 1.82) is 0 Å². The molecule has 0 fully saturated rings. The molecule has 3 aromatic rings. The lowest BCUT2D eigenvalue weighted by Gasteiger charge is -2.13. The average Bonchev–Trinajstić information content (AvgIpc) is 3.08. The molecular weight excluding hydrogens is 381 g/mol. The summed E-state index contributed by atoms with van der Waals surface area (Å²) in [5.41, 5.74) is 1.22. The minimum Gasteiger partial charge on any atom is -0.493 e. The van der Waals surface area contributed by atoms with E-state index in [9.17, 15) is 12.8 Å². The van der Waals surface area contributed by atoms with Gasteiger partial charge >= 0.3 is 0 Å². The van der Waals surface area contributed by atoms with Crippen molar-refractivity contribution in [2.45, 2.75) is 18.2 Å². The van der Waals surface area contributed by atoms with E-state index in [1.807, 2.05) is 0 Å². The predicted octanol–water partition coefficient (Wildman–Crippen LogP) is 4.25. The summed E-state index contributed by atoms with van der Waals surface area (Å²) in [6.07, 6.45) is 2.19. The predicted molar refractivity (Wildman–Crippen MR) is 106 cm³/mol. The van der Waals surface area contributed by atoms with Gasteiger partial charge in [-0.05, 0) is 42.8 Å². The summed E-state index contributed by atoms with van der Waals surface area (Å²) < 4.78 is 52.5. The third-order valence-corrected chi connectivity index (χ3v) is 5.87. The molecule has 0 aliphatic rings. The third kappa shape index (κ3) is 4.26. The van der Waals surface area contributed by atoms with Gasteiger partial charge in [0, 0.05) is 38.0 Å². The molecule has 0 N–H and O–H groups in total. The quantitative estimate of drug-likeness (QED) is 0.528. The molecule has 0 saturated heterocycles. The fourth-order valence-corrected chi connectivity index (χ4v) is 4.32. The summed E-state index contributed by atoms with van der Waals surface area (Å²) in [6, 6.07) is 14.1. The van der Waals surface area contributed by atoms with Crippen molar-refractivity contribution in [3.8, 4) is 17.0 Å². The van der Waals surface area contributed by atoms with E-state index in [0.717, 1.165) is 3.97 Å². The first-order valence-electron chi connectivity index (χ1n) is 8.85. The molecule has 2 aromatic carbocycles. The molecule has 0 radical (unpaired) electrons. The van der Waals surface area contributed by atoms with Crippen molar-refractivity contribution < 1.29 is 22.3 Å². The van der Waals surface area contributed by atoms with Crippen molar-refractivity contribution in [3.05, 3.63) is 72.2 Å². The number of hydrogen-bond donors (Lipinski definition) is 0. The molecule has 0 saturated carbocycles. The molecule has 0 spiro atoms. The van der Waals surface area contributed by atoms with Crippen molar-refractivity contribution in [2.24, 2.45) is 0 Å². The van der Waals surface area contributed by atoms with Crippen molar-refractivity contribution >= 4 is 10.0 Å². The highest BCUT2D eigenvalue weighted by atomic mass is 32.2. The van der Waals surface area contributed by atoms with E-state index < -0.39 is 15.8 Å². The standard InChI is InChI=1S/C21H22FNO4S/c1-16-13-21(19-9-3-4-10-20(19)22)23(15-16)28(24,25)18-8-5-7-17(14-18)27-12-6-11-26-2/h3-5,7-10,13-15H,6,11-12H2,1-2H3. The van der Waals surface area contributed by atoms with E-state index >= 15 is 0 Å². The van der Waals surface area contributed by atoms with Crippen LogP contribution in [0.5, 0.6) is 5.75 Å². The van der Waals surface area contributed by atoms with Crippen LogP contribution >= 0.6 is 0 Å². The van der Waals surface area contributed by atoms with E-state index in [1.165, 1.54) is 24.4 Å². The van der Waals surface area contributed by atoms with E-state index in [0.29, 0.717) is 30.9 Å². The Morgan fingerprint density at radius 3 is 2.57 bits per heavy atom. The second kappa shape index (κ2) is 8.58. The van der Waals surface area contributed by atoms with Crippen LogP contribution in [0.2, 0.25) is 0 Å². The van der Waals surface area contributed by atoms with Crippen LogP contribution in [0, 0.1) is 12.7 Å². The number of rotatable bonds is 8. The van der Waals surface area contributed by atoms with Gasteiger partial charge in [-0.25, -0.2) is 16.8 Å². The summed E-state index contributed by atoms with van der Waals surface area (Å²) in [7, 11) is -2.32. The van der Waals surface area contributed by atoms with E-state index in [-0.39, 0.29) is 16.2 Å². The zero-order valence-corrected chi connectivity index (χ0v) is 16.6. The van der Waals surface area contributed by atoms with Crippen LogP contribution in [0.4, 0.5) is 4.39 Å². The van der Waals surface area contributed by atoms with Gasteiger partial charge in [-0.1, -0.05) is 18.2 Å². The van der Waals surface area contributed by atoms with Gasteiger partial charge in [0.1, 0.15) is 11.6 Å². The molecule has 0 unspecified atom stereocenters. The fraction of sp³-hybridized carbons (Fsp3) is 0.238. The molecule has 1 aromatic heterocycles. The third-order valence-electron chi connectivity index (χ3n) is 4.20. The summed E-state index contributed by atoms with van der Waals surface area (Å²) in [4.78, 5) is 0.0740. The van der Waals surface area contributed by atoms with E-state index in [2.05, 4.69) is 0 Å². The van der Waals surface area contributed by atoms with Crippen LogP contribution in [-0.4, -0.2) is 32.7 Å². The first kappa shape index (κ1) is 20.1. The fourth-order valence-electron chi connectivity index (χ4n) is 2.87. The smallest absolute Gasteiger partial charge is 0.268 e. The normalized spacial score (nSPS) is 11.5. The van der Waals surface area contributed by atoms with Crippen LogP contribution in [0.1, 0.15) is 12.0 Å². The summed E-state index contributed by atoms with van der Waals surface area (Å²) in [5, 5.41) is 0. The number of ether oxygens (including phenoxy) is 2. The van der Waals surface area contributed by atoms with Crippen molar-refractivity contribution in [2.75, 3.05) is 20.3 Å². The zero-order valence-electron chi connectivity index (χ0n) is 15.8. The number of aromatic nitrogens is 1. The second-order valence-corrected chi connectivity index (χ2v) is 8.17. The maximum atomic E-state index is 14.3. The first-order chi connectivity index (χ1) is 13.4. The Hall–Kier alpha value is -2.64. The number of benzene rings is 2. The molecule has 3 rings (SSSR count). The van der Waals surface area contributed by atoms with Gasteiger partial charge < -0.3 is 9.47 Å². The number of nitrogens with zero attached hydrogens (tertiary/aromatic N) is 1. The maximum Gasteiger partial charge on any atom is 0.268 e. The highest BCUT2D eigenvalue weighted by molar-refractivity contribution is 7.90. The van der Waals surface area contributed by atoms with Gasteiger partial charge in [-0.2, -0.15) is 0 Å². The van der Waals surface area contributed by atoms with E-state index in [4.69, 9.17) is 9.47 Å². The van der Waals surface area contributed by atoms with E-state index in [1.54, 1.807) is 50.4 Å². The van der Waals surface area contributed by atoms with Crippen LogP contribution in [-0.2, 0) is 14.8 Å². The van der Waals surface area contributed by atoms with Crippen LogP contribution in [0.25, 0.3) is 11.3 Å². The highest BCUT2D eigenvalue weighted by Crippen LogP contribution is 2.29. The lowest BCUT2D eigenvalue weighted by molar-refractivity contribution is 0.172. The Kier molecular flexibility index (Phi) is 6.16. The van der Waals surface area contributed by atoms with Gasteiger partial charge in [0.05, 0.1) is 17.2 Å². The maximum absolute atomic E-state index is 14.3. The zero-order chi connectivity index (χ0) is 20.1. The first-order valence-corrected chi connectivity index (χ1v) is 10.3. The van der Waals surface area contributed by atoms with Crippen LogP contribution in [0.3, 0.4) is 0 Å². The van der Waals surface area contributed by atoms with Gasteiger partial charge in [0.2, 0.25) is 0 Å². The Morgan fingerprint density at radius 2 is 1.82 bits per heavy atom.